The molecule has 0 aliphatic rings. The maximum absolute atomic E-state index is 13.7. The van der Waals surface area contributed by atoms with Crippen LogP contribution in [0.1, 0.15) is 11.1 Å². The summed E-state index contributed by atoms with van der Waals surface area (Å²) in [6.45, 7) is 0. The Morgan fingerprint density at radius 2 is 1.30 bits per heavy atom. The van der Waals surface area contributed by atoms with E-state index in [9.17, 15) is 30.7 Å². The SMILES string of the molecule is Nc1ccc(Sc2cc(C(F)(F)F)cc(C(F)(F)F)c2)c(F)c1. The summed E-state index contributed by atoms with van der Waals surface area (Å²) in [5.41, 5.74) is 2.52. The second kappa shape index (κ2) is 5.95. The van der Waals surface area contributed by atoms with Crippen LogP contribution in [-0.4, -0.2) is 0 Å². The maximum Gasteiger partial charge on any atom is 0.416 e. The van der Waals surface area contributed by atoms with E-state index in [1.165, 1.54) is 12.1 Å². The Kier molecular flexibility index (Phi) is 4.52. The summed E-state index contributed by atoms with van der Waals surface area (Å²) < 4.78 is 90.1. The zero-order chi connectivity index (χ0) is 17.4. The van der Waals surface area contributed by atoms with E-state index in [-0.39, 0.29) is 21.5 Å². The molecule has 0 aliphatic heterocycles. The molecule has 2 aromatic carbocycles. The average Bonchev–Trinajstić information content (AvgIpc) is 2.40. The number of alkyl halides is 6. The fourth-order valence-electron chi connectivity index (χ4n) is 1.71. The van der Waals surface area contributed by atoms with E-state index < -0.39 is 29.3 Å². The van der Waals surface area contributed by atoms with Gasteiger partial charge in [0.1, 0.15) is 5.82 Å². The number of benzene rings is 2. The summed E-state index contributed by atoms with van der Waals surface area (Å²) >= 11 is 0.453. The number of anilines is 1. The molecule has 124 valence electrons. The van der Waals surface area contributed by atoms with Crippen molar-refractivity contribution in [2.24, 2.45) is 0 Å². The van der Waals surface area contributed by atoms with Crippen molar-refractivity contribution in [1.29, 1.82) is 0 Å². The van der Waals surface area contributed by atoms with E-state index in [1.54, 1.807) is 0 Å². The van der Waals surface area contributed by atoms with Crippen molar-refractivity contribution in [2.45, 2.75) is 22.1 Å². The first-order chi connectivity index (χ1) is 10.5. The third-order valence-corrected chi connectivity index (χ3v) is 3.77. The largest absolute Gasteiger partial charge is 0.416 e. The van der Waals surface area contributed by atoms with Crippen LogP contribution in [0, 0.1) is 5.82 Å². The molecule has 2 rings (SSSR count). The van der Waals surface area contributed by atoms with Crippen LogP contribution < -0.4 is 5.73 Å². The lowest BCUT2D eigenvalue weighted by Crippen LogP contribution is -2.10. The van der Waals surface area contributed by atoms with Crippen molar-refractivity contribution in [1.82, 2.24) is 0 Å². The summed E-state index contributed by atoms with van der Waals surface area (Å²) in [5.74, 6) is -0.832. The zero-order valence-electron chi connectivity index (χ0n) is 11.1. The molecule has 0 atom stereocenters. The molecule has 1 nitrogen and oxygen atoms in total. The van der Waals surface area contributed by atoms with Gasteiger partial charge in [0, 0.05) is 15.5 Å². The summed E-state index contributed by atoms with van der Waals surface area (Å²) in [5, 5.41) is 0. The molecule has 2 aromatic rings. The molecular weight excluding hydrogens is 347 g/mol. The van der Waals surface area contributed by atoms with Gasteiger partial charge >= 0.3 is 12.4 Å². The minimum Gasteiger partial charge on any atom is -0.399 e. The quantitative estimate of drug-likeness (QED) is 0.561. The van der Waals surface area contributed by atoms with E-state index in [2.05, 4.69) is 0 Å². The topological polar surface area (TPSA) is 26.0 Å². The molecule has 0 spiro atoms. The fourth-order valence-corrected chi connectivity index (χ4v) is 2.63. The van der Waals surface area contributed by atoms with Gasteiger partial charge in [-0.25, -0.2) is 4.39 Å². The van der Waals surface area contributed by atoms with Crippen molar-refractivity contribution in [2.75, 3.05) is 5.73 Å². The van der Waals surface area contributed by atoms with Gasteiger partial charge in [0.2, 0.25) is 0 Å². The van der Waals surface area contributed by atoms with Crippen LogP contribution in [-0.2, 0) is 12.4 Å². The molecule has 0 amide bonds. The first kappa shape index (κ1) is 17.5. The van der Waals surface area contributed by atoms with E-state index in [0.29, 0.717) is 23.9 Å². The predicted molar refractivity (Wildman–Crippen MR) is 71.4 cm³/mol. The number of nitrogen functional groups attached to an aromatic ring is 1. The van der Waals surface area contributed by atoms with Gasteiger partial charge in [-0.2, -0.15) is 26.3 Å². The van der Waals surface area contributed by atoms with Crippen molar-refractivity contribution in [3.8, 4) is 0 Å². The van der Waals surface area contributed by atoms with Crippen molar-refractivity contribution < 1.29 is 30.7 Å². The predicted octanol–water partition coefficient (Wildman–Crippen LogP) is 5.60. The van der Waals surface area contributed by atoms with Gasteiger partial charge in [-0.05, 0) is 36.4 Å². The Bertz CT molecular complexity index is 690. The second-order valence-corrected chi connectivity index (χ2v) is 5.65. The Balaban J connectivity index is 2.49. The van der Waals surface area contributed by atoms with Crippen LogP contribution >= 0.6 is 11.8 Å². The third kappa shape index (κ3) is 4.31. The second-order valence-electron chi connectivity index (χ2n) is 4.53. The van der Waals surface area contributed by atoms with Crippen molar-refractivity contribution >= 4 is 17.4 Å². The van der Waals surface area contributed by atoms with Gasteiger partial charge in [-0.15, -0.1) is 0 Å². The molecule has 0 saturated heterocycles. The van der Waals surface area contributed by atoms with E-state index in [0.717, 1.165) is 6.07 Å². The minimum absolute atomic E-state index is 0.0173. The number of hydrogen-bond donors (Lipinski definition) is 1. The standard InChI is InChI=1S/C14H8F7NS/c15-11-6-9(22)1-2-12(11)23-10-4-7(13(16,17)18)3-8(5-10)14(19,20)21/h1-6H,22H2. The molecule has 0 bridgehead atoms. The number of hydrogen-bond acceptors (Lipinski definition) is 2. The number of rotatable bonds is 2. The molecule has 0 fully saturated rings. The van der Waals surface area contributed by atoms with Crippen LogP contribution in [0.5, 0.6) is 0 Å². The highest BCUT2D eigenvalue weighted by Gasteiger charge is 2.37. The number of nitrogens with two attached hydrogens (primary N) is 1. The summed E-state index contributed by atoms with van der Waals surface area (Å²) in [4.78, 5) is -0.512. The first-order valence-corrected chi connectivity index (χ1v) is 6.81. The first-order valence-electron chi connectivity index (χ1n) is 5.99. The van der Waals surface area contributed by atoms with Crippen LogP contribution in [0.15, 0.2) is 46.2 Å². The molecule has 0 saturated carbocycles. The van der Waals surface area contributed by atoms with Crippen LogP contribution in [0.2, 0.25) is 0 Å². The molecule has 0 aliphatic carbocycles. The van der Waals surface area contributed by atoms with E-state index in [1.807, 2.05) is 0 Å². The normalized spacial score (nSPS) is 12.5. The van der Waals surface area contributed by atoms with Gasteiger partial charge in [0.25, 0.3) is 0 Å². The van der Waals surface area contributed by atoms with Gasteiger partial charge < -0.3 is 5.73 Å². The molecule has 2 N–H and O–H groups in total. The summed E-state index contributed by atoms with van der Waals surface area (Å²) in [6, 6.07) is 4.50. The lowest BCUT2D eigenvalue weighted by atomic mass is 10.1. The molecule has 0 aromatic heterocycles. The third-order valence-electron chi connectivity index (χ3n) is 2.74. The smallest absolute Gasteiger partial charge is 0.399 e. The highest BCUT2D eigenvalue weighted by molar-refractivity contribution is 7.99. The minimum atomic E-state index is -4.95. The van der Waals surface area contributed by atoms with Gasteiger partial charge in [0.15, 0.2) is 0 Å². The van der Waals surface area contributed by atoms with Crippen LogP contribution in [0.25, 0.3) is 0 Å². The molecular formula is C14H8F7NS. The Morgan fingerprint density at radius 3 is 1.74 bits per heavy atom. The summed E-state index contributed by atoms with van der Waals surface area (Å²) in [7, 11) is 0. The van der Waals surface area contributed by atoms with Gasteiger partial charge in [-0.3, -0.25) is 0 Å². The lowest BCUT2D eigenvalue weighted by molar-refractivity contribution is -0.143. The molecule has 23 heavy (non-hydrogen) atoms. The monoisotopic (exact) mass is 355 g/mol. The van der Waals surface area contributed by atoms with Crippen molar-refractivity contribution in [3.05, 3.63) is 53.3 Å². The Morgan fingerprint density at radius 1 is 0.783 bits per heavy atom. The highest BCUT2D eigenvalue weighted by Crippen LogP contribution is 2.40. The van der Waals surface area contributed by atoms with Gasteiger partial charge in [0.05, 0.1) is 11.1 Å². The van der Waals surface area contributed by atoms with E-state index >= 15 is 0 Å². The highest BCUT2D eigenvalue weighted by atomic mass is 32.2. The fraction of sp³-hybridized carbons (Fsp3) is 0.143. The Hall–Kier alpha value is -1.90. The Labute approximate surface area is 130 Å². The van der Waals surface area contributed by atoms with E-state index in [4.69, 9.17) is 5.73 Å². The molecule has 0 radical (unpaired) electrons. The van der Waals surface area contributed by atoms with Crippen LogP contribution in [0.3, 0.4) is 0 Å². The van der Waals surface area contributed by atoms with Gasteiger partial charge in [-0.1, -0.05) is 11.8 Å². The van der Waals surface area contributed by atoms with Crippen molar-refractivity contribution in [3.63, 3.8) is 0 Å². The summed E-state index contributed by atoms with van der Waals surface area (Å²) in [6.07, 6.45) is -9.90. The molecule has 9 heteroatoms. The molecule has 0 heterocycles. The molecule has 0 unspecified atom stereocenters. The van der Waals surface area contributed by atoms with Crippen LogP contribution in [0.4, 0.5) is 36.4 Å². The number of halogens is 7. The zero-order valence-corrected chi connectivity index (χ0v) is 11.9. The average molecular weight is 355 g/mol. The lowest BCUT2D eigenvalue weighted by Gasteiger charge is -2.14. The maximum atomic E-state index is 13.7.